The van der Waals surface area contributed by atoms with Crippen molar-refractivity contribution in [2.24, 2.45) is 5.92 Å². The van der Waals surface area contributed by atoms with Gasteiger partial charge in [-0.1, -0.05) is 43.6 Å². The van der Waals surface area contributed by atoms with E-state index >= 15 is 0 Å². The van der Waals surface area contributed by atoms with E-state index in [0.29, 0.717) is 58.0 Å². The Morgan fingerprint density at radius 3 is 2.41 bits per heavy atom. The molecule has 3 atom stereocenters. The lowest BCUT2D eigenvalue weighted by molar-refractivity contribution is -0.145. The van der Waals surface area contributed by atoms with Crippen molar-refractivity contribution in [3.63, 3.8) is 0 Å². The van der Waals surface area contributed by atoms with Crippen LogP contribution in [0.25, 0.3) is 0 Å². The fourth-order valence-electron chi connectivity index (χ4n) is 5.46. The van der Waals surface area contributed by atoms with Crippen LogP contribution in [0.2, 0.25) is 5.02 Å². The van der Waals surface area contributed by atoms with E-state index in [-0.39, 0.29) is 18.2 Å². The largest absolute Gasteiger partial charge is 0.480 e. The molecule has 10 nitrogen and oxygen atoms in total. The van der Waals surface area contributed by atoms with Gasteiger partial charge in [0.2, 0.25) is 0 Å². The number of carbonyl (C=O) groups excluding carboxylic acids is 2. The van der Waals surface area contributed by atoms with Crippen molar-refractivity contribution < 1.29 is 33.3 Å². The van der Waals surface area contributed by atoms with Gasteiger partial charge in [-0.3, -0.25) is 18.9 Å². The highest BCUT2D eigenvalue weighted by Crippen LogP contribution is 2.52. The molecule has 46 heavy (non-hydrogen) atoms. The number of carboxylic acids is 1. The lowest BCUT2D eigenvalue weighted by Crippen LogP contribution is -2.52. The Morgan fingerprint density at radius 1 is 1.07 bits per heavy atom. The minimum Gasteiger partial charge on any atom is -0.480 e. The van der Waals surface area contributed by atoms with Crippen molar-refractivity contribution in [2.45, 2.75) is 59.1 Å². The zero-order valence-corrected chi connectivity index (χ0v) is 28.6. The number of nitrogens with one attached hydrogen (secondary N) is 2. The molecule has 3 N–H and O–H groups in total. The quantitative estimate of drug-likeness (QED) is 0.178. The Bertz CT molecular complexity index is 1680. The minimum atomic E-state index is -3.89. The van der Waals surface area contributed by atoms with Gasteiger partial charge in [0, 0.05) is 46.7 Å². The Kier molecular flexibility index (Phi) is 11.1. The summed E-state index contributed by atoms with van der Waals surface area (Å²) in [5, 5.41) is 16.1. The first-order chi connectivity index (χ1) is 21.7. The average Bonchev–Trinajstić information content (AvgIpc) is 3.15. The zero-order valence-electron chi connectivity index (χ0n) is 26.9. The molecule has 0 radical (unpaired) electrons. The molecule has 2 amide bonds. The van der Waals surface area contributed by atoms with Gasteiger partial charge < -0.3 is 24.6 Å². The van der Waals surface area contributed by atoms with E-state index in [1.54, 1.807) is 61.2 Å². The van der Waals surface area contributed by atoms with Gasteiger partial charge in [-0.15, -0.1) is 0 Å². The van der Waals surface area contributed by atoms with Crippen LogP contribution in [0.15, 0.2) is 60.7 Å². The first-order valence-corrected chi connectivity index (χ1v) is 17.3. The number of rotatable bonds is 11. The van der Waals surface area contributed by atoms with Crippen LogP contribution in [0, 0.1) is 19.8 Å². The predicted octanol–water partition coefficient (Wildman–Crippen LogP) is 7.59. The van der Waals surface area contributed by atoms with E-state index < -0.39 is 31.0 Å². The van der Waals surface area contributed by atoms with Crippen molar-refractivity contribution in [1.82, 2.24) is 5.09 Å². The van der Waals surface area contributed by atoms with Gasteiger partial charge in [0.05, 0.1) is 6.10 Å². The predicted molar refractivity (Wildman–Crippen MR) is 180 cm³/mol. The standard InChI is InChI=1S/C34H41ClN3O7P/c1-21(2)34(5,33(41)42)37-46(43,20-44-6)45-30-12-9-17-38(29-16-13-24(35)19-28(29)30)32(40)27-15-14-25(18-23(27)4)36-31(39)26-11-8-7-10-22(26)3/h7-8,10-11,13-16,18-19,21,30H,9,12,17,20H2,1-6H3,(H,36,39)(H,37,43)(H,41,42)/t30-,34+,46?/m1/s1. The number of carbonyl (C=O) groups is 3. The Labute approximate surface area is 274 Å². The molecule has 1 aliphatic heterocycles. The summed E-state index contributed by atoms with van der Waals surface area (Å²) in [7, 11) is -2.53. The SMILES string of the molecule is COCP(=O)(N[C@](C)(C(=O)O)C(C)C)O[C@@H]1CCCN(C(=O)c2ccc(NC(=O)c3ccccc3C)cc2C)c2ccc(Cl)cc21. The second-order valence-corrected chi connectivity index (χ2v) is 14.5. The first-order valence-electron chi connectivity index (χ1n) is 15.1. The maximum atomic E-state index is 14.1. The minimum absolute atomic E-state index is 0.238. The molecule has 1 aliphatic rings. The normalized spacial score (nSPS) is 17.4. The number of nitrogens with zero attached hydrogens (tertiary/aromatic N) is 1. The third-order valence-corrected chi connectivity index (χ3v) is 10.7. The van der Waals surface area contributed by atoms with Crippen LogP contribution in [0.4, 0.5) is 11.4 Å². The first kappa shape index (κ1) is 35.3. The number of hydrogen-bond acceptors (Lipinski definition) is 6. The molecule has 0 fully saturated rings. The fourth-order valence-corrected chi connectivity index (χ4v) is 7.85. The highest BCUT2D eigenvalue weighted by molar-refractivity contribution is 7.56. The monoisotopic (exact) mass is 669 g/mol. The number of fused-ring (bicyclic) bond motifs is 1. The number of aliphatic carboxylic acids is 1. The van der Waals surface area contributed by atoms with Crippen molar-refractivity contribution in [3.8, 4) is 0 Å². The molecular formula is C34H41ClN3O7P. The number of methoxy groups -OCH3 is 1. The van der Waals surface area contributed by atoms with Crippen LogP contribution < -0.4 is 15.3 Å². The van der Waals surface area contributed by atoms with Gasteiger partial charge in [0.15, 0.2) is 0 Å². The van der Waals surface area contributed by atoms with Gasteiger partial charge in [0.1, 0.15) is 11.9 Å². The summed E-state index contributed by atoms with van der Waals surface area (Å²) in [5.41, 5.74) is 2.66. The van der Waals surface area contributed by atoms with Gasteiger partial charge in [-0.2, -0.15) is 0 Å². The van der Waals surface area contributed by atoms with Crippen LogP contribution in [0.3, 0.4) is 0 Å². The number of hydrogen-bond donors (Lipinski definition) is 3. The van der Waals surface area contributed by atoms with Crippen LogP contribution in [-0.4, -0.2) is 48.4 Å². The number of ether oxygens (including phenoxy) is 1. The summed E-state index contributed by atoms with van der Waals surface area (Å²) in [5.74, 6) is -2.08. The van der Waals surface area contributed by atoms with E-state index in [4.69, 9.17) is 20.9 Å². The number of aryl methyl sites for hydroxylation is 2. The number of anilines is 2. The molecule has 1 unspecified atom stereocenters. The molecule has 0 aromatic heterocycles. The number of halogens is 1. The molecule has 0 saturated heterocycles. The second-order valence-electron chi connectivity index (χ2n) is 12.1. The summed E-state index contributed by atoms with van der Waals surface area (Å²) < 4.78 is 25.6. The zero-order chi connectivity index (χ0) is 33.8. The molecule has 3 aromatic rings. The highest BCUT2D eigenvalue weighted by Gasteiger charge is 2.44. The summed E-state index contributed by atoms with van der Waals surface area (Å²) in [6.07, 6.45) is -0.241. The highest BCUT2D eigenvalue weighted by atomic mass is 35.5. The molecule has 1 heterocycles. The summed E-state index contributed by atoms with van der Waals surface area (Å²) in [6, 6.07) is 17.5. The maximum absolute atomic E-state index is 14.1. The summed E-state index contributed by atoms with van der Waals surface area (Å²) >= 11 is 6.42. The van der Waals surface area contributed by atoms with Crippen LogP contribution in [0.5, 0.6) is 0 Å². The number of carboxylic acid groups (broad SMARTS) is 1. The molecule has 4 rings (SSSR count). The topological polar surface area (TPSA) is 134 Å². The number of benzene rings is 3. The molecule has 0 spiro atoms. The van der Waals surface area contributed by atoms with Gasteiger partial charge in [-0.05, 0) is 93.1 Å². The molecule has 0 aliphatic carbocycles. The van der Waals surface area contributed by atoms with Crippen molar-refractivity contribution in [1.29, 1.82) is 0 Å². The van der Waals surface area contributed by atoms with Crippen LogP contribution >= 0.6 is 19.1 Å². The van der Waals surface area contributed by atoms with E-state index in [9.17, 15) is 24.1 Å². The van der Waals surface area contributed by atoms with E-state index in [0.717, 1.165) is 5.56 Å². The van der Waals surface area contributed by atoms with Crippen molar-refractivity contribution in [3.05, 3.63) is 93.5 Å². The number of amides is 2. The van der Waals surface area contributed by atoms with E-state index in [1.807, 2.05) is 32.0 Å². The fraction of sp³-hybridized carbons (Fsp3) is 0.382. The molecule has 0 bridgehead atoms. The van der Waals surface area contributed by atoms with Gasteiger partial charge in [0.25, 0.3) is 19.3 Å². The van der Waals surface area contributed by atoms with Crippen molar-refractivity contribution >= 4 is 48.3 Å². The maximum Gasteiger partial charge on any atom is 0.324 e. The molecule has 3 aromatic carbocycles. The average molecular weight is 670 g/mol. The second kappa shape index (κ2) is 14.5. The van der Waals surface area contributed by atoms with Crippen molar-refractivity contribution in [2.75, 3.05) is 30.2 Å². The Morgan fingerprint density at radius 2 is 1.78 bits per heavy atom. The summed E-state index contributed by atoms with van der Waals surface area (Å²) in [4.78, 5) is 40.8. The summed E-state index contributed by atoms with van der Waals surface area (Å²) in [6.45, 7) is 8.93. The van der Waals surface area contributed by atoms with Gasteiger partial charge in [-0.25, -0.2) is 5.09 Å². The van der Waals surface area contributed by atoms with E-state index in [2.05, 4.69) is 10.4 Å². The van der Waals surface area contributed by atoms with Crippen LogP contribution in [0.1, 0.15) is 77.1 Å². The lowest BCUT2D eigenvalue weighted by atomic mass is 9.90. The third kappa shape index (κ3) is 7.70. The molecule has 12 heteroatoms. The Balaban J connectivity index is 1.63. The molecule has 0 saturated carbocycles. The molecule has 246 valence electrons. The van der Waals surface area contributed by atoms with Gasteiger partial charge >= 0.3 is 5.97 Å². The lowest BCUT2D eigenvalue weighted by Gasteiger charge is -2.35. The molecular weight excluding hydrogens is 629 g/mol. The smallest absolute Gasteiger partial charge is 0.324 e. The van der Waals surface area contributed by atoms with E-state index in [1.165, 1.54) is 14.0 Å². The van der Waals surface area contributed by atoms with Crippen LogP contribution in [-0.2, 0) is 18.6 Å². The third-order valence-electron chi connectivity index (χ3n) is 8.42. The Hall–Kier alpha value is -3.53.